The third-order valence-corrected chi connectivity index (χ3v) is 5.59. The average Bonchev–Trinajstić information content (AvgIpc) is 2.81. The summed E-state index contributed by atoms with van der Waals surface area (Å²) >= 11 is 0. The molecule has 0 aliphatic carbocycles. The molecule has 0 spiro atoms. The highest BCUT2D eigenvalue weighted by Gasteiger charge is 2.12. The highest BCUT2D eigenvalue weighted by Crippen LogP contribution is 2.18. The normalized spacial score (nSPS) is 11.2. The van der Waals surface area contributed by atoms with E-state index < -0.39 is 11.2 Å². The van der Waals surface area contributed by atoms with E-state index in [-0.39, 0.29) is 23.6 Å². The van der Waals surface area contributed by atoms with Gasteiger partial charge in [0.05, 0.1) is 11.0 Å². The first-order valence-electron chi connectivity index (χ1n) is 11.3. The zero-order valence-electron chi connectivity index (χ0n) is 18.6. The fourth-order valence-electron chi connectivity index (χ4n) is 3.78. The van der Waals surface area contributed by atoms with Gasteiger partial charge in [-0.05, 0) is 36.6 Å². The maximum Gasteiger partial charge on any atom is 0.330 e. The molecule has 4 aromatic rings. The van der Waals surface area contributed by atoms with Crippen LogP contribution in [-0.4, -0.2) is 25.4 Å². The molecule has 4 rings (SSSR count). The third kappa shape index (κ3) is 5.34. The van der Waals surface area contributed by atoms with Gasteiger partial charge < -0.3 is 5.32 Å². The summed E-state index contributed by atoms with van der Waals surface area (Å²) in [5.41, 5.74) is 1.91. The van der Waals surface area contributed by atoms with Crippen LogP contribution < -0.4 is 16.6 Å². The van der Waals surface area contributed by atoms with Crippen LogP contribution in [0.3, 0.4) is 0 Å². The Labute approximate surface area is 190 Å². The SMILES string of the molecule is CCCCCCC(=O)Nc1ccc2nc3c(=O)n(CCc4ccccc4)c(=O)[nH]c3nc2c1. The number of hydrogen-bond donors (Lipinski definition) is 2. The second kappa shape index (κ2) is 10.2. The number of aryl methyl sites for hydroxylation is 1. The molecular formula is C25H27N5O3. The maximum atomic E-state index is 13.0. The maximum absolute atomic E-state index is 13.0. The molecule has 0 radical (unpaired) electrons. The van der Waals surface area contributed by atoms with Crippen molar-refractivity contribution in [3.05, 3.63) is 74.9 Å². The summed E-state index contributed by atoms with van der Waals surface area (Å²) in [5, 5.41) is 2.88. The molecule has 0 saturated carbocycles. The van der Waals surface area contributed by atoms with Gasteiger partial charge in [-0.15, -0.1) is 0 Å². The summed E-state index contributed by atoms with van der Waals surface area (Å²) in [6, 6.07) is 14.8. The Hall–Kier alpha value is -3.81. The molecule has 33 heavy (non-hydrogen) atoms. The number of nitrogens with zero attached hydrogens (tertiary/aromatic N) is 3. The number of rotatable bonds is 9. The topological polar surface area (TPSA) is 110 Å². The predicted molar refractivity (Wildman–Crippen MR) is 129 cm³/mol. The Kier molecular flexibility index (Phi) is 6.92. The summed E-state index contributed by atoms with van der Waals surface area (Å²) in [6.07, 6.45) is 5.16. The highest BCUT2D eigenvalue weighted by molar-refractivity contribution is 5.93. The number of H-pyrrole nitrogens is 1. The highest BCUT2D eigenvalue weighted by atomic mass is 16.2. The molecule has 0 atom stereocenters. The van der Waals surface area contributed by atoms with E-state index in [1.165, 1.54) is 0 Å². The molecule has 0 fully saturated rings. The second-order valence-electron chi connectivity index (χ2n) is 8.11. The number of aromatic nitrogens is 4. The molecule has 0 aliphatic rings. The molecule has 0 saturated heterocycles. The lowest BCUT2D eigenvalue weighted by Gasteiger charge is -2.08. The van der Waals surface area contributed by atoms with Crippen LogP contribution in [0.25, 0.3) is 22.2 Å². The summed E-state index contributed by atoms with van der Waals surface area (Å²) < 4.78 is 1.16. The van der Waals surface area contributed by atoms with Gasteiger partial charge in [0.15, 0.2) is 11.2 Å². The van der Waals surface area contributed by atoms with Crippen molar-refractivity contribution >= 4 is 33.8 Å². The van der Waals surface area contributed by atoms with E-state index >= 15 is 0 Å². The molecule has 0 aliphatic heterocycles. The fourth-order valence-corrected chi connectivity index (χ4v) is 3.78. The quantitative estimate of drug-likeness (QED) is 0.301. The Bertz CT molecular complexity index is 1390. The first kappa shape index (κ1) is 22.4. The van der Waals surface area contributed by atoms with E-state index in [9.17, 15) is 14.4 Å². The van der Waals surface area contributed by atoms with Crippen molar-refractivity contribution in [2.45, 2.75) is 52.0 Å². The van der Waals surface area contributed by atoms with Crippen LogP contribution in [0.4, 0.5) is 5.69 Å². The van der Waals surface area contributed by atoms with Crippen LogP contribution in [0.15, 0.2) is 58.1 Å². The van der Waals surface area contributed by atoms with E-state index in [1.54, 1.807) is 18.2 Å². The lowest BCUT2D eigenvalue weighted by Crippen LogP contribution is -2.36. The van der Waals surface area contributed by atoms with E-state index in [0.717, 1.165) is 35.8 Å². The molecule has 2 aromatic heterocycles. The van der Waals surface area contributed by atoms with Crippen LogP contribution in [0, 0.1) is 0 Å². The monoisotopic (exact) mass is 445 g/mol. The van der Waals surface area contributed by atoms with Gasteiger partial charge in [-0.25, -0.2) is 14.8 Å². The molecule has 8 heteroatoms. The molecule has 0 bridgehead atoms. The van der Waals surface area contributed by atoms with Crippen molar-refractivity contribution in [2.24, 2.45) is 0 Å². The lowest BCUT2D eigenvalue weighted by molar-refractivity contribution is -0.116. The van der Waals surface area contributed by atoms with Crippen molar-refractivity contribution in [3.63, 3.8) is 0 Å². The standard InChI is InChI=1S/C25H27N5O3/c1-2-3-4-8-11-21(31)26-18-12-13-19-20(16-18)28-23-22(27-19)24(32)30(25(33)29-23)15-14-17-9-6-5-7-10-17/h5-7,9-10,12-13,16H,2-4,8,11,14-15H2,1H3,(H,26,31)(H,28,29,33). The summed E-state index contributed by atoms with van der Waals surface area (Å²) in [6.45, 7) is 2.38. The summed E-state index contributed by atoms with van der Waals surface area (Å²) in [7, 11) is 0. The largest absolute Gasteiger partial charge is 0.330 e. The van der Waals surface area contributed by atoms with Crippen LogP contribution in [0.5, 0.6) is 0 Å². The van der Waals surface area contributed by atoms with Gasteiger partial charge in [-0.3, -0.25) is 19.1 Å². The molecular weight excluding hydrogens is 418 g/mol. The van der Waals surface area contributed by atoms with E-state index in [4.69, 9.17) is 0 Å². The van der Waals surface area contributed by atoms with Gasteiger partial charge in [0.25, 0.3) is 5.56 Å². The number of unbranched alkanes of at least 4 members (excludes halogenated alkanes) is 3. The molecule has 2 aromatic carbocycles. The van der Waals surface area contributed by atoms with Gasteiger partial charge in [0.2, 0.25) is 5.91 Å². The van der Waals surface area contributed by atoms with Gasteiger partial charge in [0.1, 0.15) is 0 Å². The van der Waals surface area contributed by atoms with Crippen LogP contribution in [-0.2, 0) is 17.8 Å². The number of carbonyl (C=O) groups excluding carboxylic acids is 1. The number of benzene rings is 2. The fraction of sp³-hybridized carbons (Fsp3) is 0.320. The zero-order chi connectivity index (χ0) is 23.2. The Morgan fingerprint density at radius 3 is 2.61 bits per heavy atom. The molecule has 2 N–H and O–H groups in total. The number of nitrogens with one attached hydrogen (secondary N) is 2. The van der Waals surface area contributed by atoms with E-state index in [1.807, 2.05) is 30.3 Å². The molecule has 8 nitrogen and oxygen atoms in total. The van der Waals surface area contributed by atoms with Crippen molar-refractivity contribution in [3.8, 4) is 0 Å². The second-order valence-corrected chi connectivity index (χ2v) is 8.11. The van der Waals surface area contributed by atoms with E-state index in [2.05, 4.69) is 27.2 Å². The number of fused-ring (bicyclic) bond motifs is 2. The smallest absolute Gasteiger partial charge is 0.326 e. The van der Waals surface area contributed by atoms with Gasteiger partial charge in [-0.2, -0.15) is 0 Å². The zero-order valence-corrected chi connectivity index (χ0v) is 18.6. The van der Waals surface area contributed by atoms with Crippen molar-refractivity contribution < 1.29 is 4.79 Å². The first-order valence-corrected chi connectivity index (χ1v) is 11.3. The van der Waals surface area contributed by atoms with Crippen LogP contribution >= 0.6 is 0 Å². The number of aromatic amines is 1. The molecule has 1 amide bonds. The summed E-state index contributed by atoms with van der Waals surface area (Å²) in [5.74, 6) is -0.0473. The van der Waals surface area contributed by atoms with E-state index in [0.29, 0.717) is 29.6 Å². The number of carbonyl (C=O) groups is 1. The van der Waals surface area contributed by atoms with Crippen molar-refractivity contribution in [1.29, 1.82) is 0 Å². The van der Waals surface area contributed by atoms with Crippen LogP contribution in [0.2, 0.25) is 0 Å². The van der Waals surface area contributed by atoms with Gasteiger partial charge >= 0.3 is 5.69 Å². The molecule has 170 valence electrons. The summed E-state index contributed by atoms with van der Waals surface area (Å²) in [4.78, 5) is 49.2. The number of hydrogen-bond acceptors (Lipinski definition) is 5. The molecule has 2 heterocycles. The predicted octanol–water partition coefficient (Wildman–Crippen LogP) is 3.78. The third-order valence-electron chi connectivity index (χ3n) is 5.59. The van der Waals surface area contributed by atoms with Crippen molar-refractivity contribution in [2.75, 3.05) is 5.32 Å². The van der Waals surface area contributed by atoms with Gasteiger partial charge in [0, 0.05) is 18.7 Å². The Morgan fingerprint density at radius 1 is 1.00 bits per heavy atom. The average molecular weight is 446 g/mol. The Balaban J connectivity index is 1.57. The Morgan fingerprint density at radius 2 is 1.82 bits per heavy atom. The molecule has 0 unspecified atom stereocenters. The van der Waals surface area contributed by atoms with Crippen molar-refractivity contribution in [1.82, 2.24) is 19.5 Å². The number of anilines is 1. The van der Waals surface area contributed by atoms with Crippen LogP contribution in [0.1, 0.15) is 44.6 Å². The minimum absolute atomic E-state index is 0.0473. The minimum Gasteiger partial charge on any atom is -0.326 e. The first-order chi connectivity index (χ1) is 16.0. The lowest BCUT2D eigenvalue weighted by atomic mass is 10.1. The minimum atomic E-state index is -0.520. The van der Waals surface area contributed by atoms with Gasteiger partial charge in [-0.1, -0.05) is 56.5 Å². The number of amides is 1.